The summed E-state index contributed by atoms with van der Waals surface area (Å²) in [4.78, 5) is 42.2. The van der Waals surface area contributed by atoms with E-state index in [0.717, 1.165) is 30.8 Å². The number of amides is 2. The number of phenolic OH excluding ortho intramolecular Hbond substituents is 1. The monoisotopic (exact) mass is 551 g/mol. The van der Waals surface area contributed by atoms with Gasteiger partial charge in [0.05, 0.1) is 7.11 Å². The van der Waals surface area contributed by atoms with Crippen molar-refractivity contribution in [3.05, 3.63) is 60.2 Å². The summed E-state index contributed by atoms with van der Waals surface area (Å²) in [6, 6.07) is 16.4. The number of ether oxygens (including phenoxy) is 1. The molecule has 1 saturated heterocycles. The van der Waals surface area contributed by atoms with Crippen LogP contribution in [0.25, 0.3) is 0 Å². The van der Waals surface area contributed by atoms with Crippen LogP contribution in [0.1, 0.15) is 58.9 Å². The summed E-state index contributed by atoms with van der Waals surface area (Å²) in [5.41, 5.74) is 1.92. The highest BCUT2D eigenvalue weighted by molar-refractivity contribution is 5.95. The predicted octanol–water partition coefficient (Wildman–Crippen LogP) is 4.51. The zero-order chi connectivity index (χ0) is 29.3. The first-order valence-electron chi connectivity index (χ1n) is 14.3. The first-order chi connectivity index (χ1) is 19.0. The molecule has 8 nitrogen and oxygen atoms in total. The maximum Gasteiger partial charge on any atom is 0.328 e. The minimum atomic E-state index is -0.718. The van der Waals surface area contributed by atoms with Crippen molar-refractivity contribution in [2.75, 3.05) is 38.2 Å². The average molecular weight is 552 g/mol. The number of carbonyl (C=O) groups excluding carboxylic acids is 3. The van der Waals surface area contributed by atoms with Crippen LogP contribution in [0, 0.1) is 11.8 Å². The number of piperidine rings is 1. The van der Waals surface area contributed by atoms with Gasteiger partial charge in [0, 0.05) is 38.2 Å². The number of nitrogens with one attached hydrogen (secondary N) is 1. The van der Waals surface area contributed by atoms with Gasteiger partial charge in [-0.05, 0) is 66.5 Å². The minimum Gasteiger partial charge on any atom is -0.508 e. The molecule has 2 aromatic rings. The lowest BCUT2D eigenvalue weighted by Crippen LogP contribution is -2.49. The van der Waals surface area contributed by atoms with Crippen molar-refractivity contribution in [3.8, 4) is 5.75 Å². The van der Waals surface area contributed by atoms with Crippen LogP contribution in [-0.2, 0) is 24.5 Å². The van der Waals surface area contributed by atoms with E-state index in [1.165, 1.54) is 7.11 Å². The lowest BCUT2D eigenvalue weighted by molar-refractivity contribution is -0.145. The first kappa shape index (κ1) is 31.1. The van der Waals surface area contributed by atoms with Crippen molar-refractivity contribution in [2.45, 2.75) is 64.8 Å². The van der Waals surface area contributed by atoms with Crippen LogP contribution in [0.3, 0.4) is 0 Å². The van der Waals surface area contributed by atoms with Crippen LogP contribution in [0.15, 0.2) is 54.6 Å². The number of likely N-dealkylation sites (tertiary alicyclic amines) is 1. The summed E-state index contributed by atoms with van der Waals surface area (Å²) >= 11 is 0. The van der Waals surface area contributed by atoms with E-state index in [1.54, 1.807) is 11.0 Å². The minimum absolute atomic E-state index is 0.00319. The van der Waals surface area contributed by atoms with E-state index >= 15 is 0 Å². The number of phenols is 1. The molecule has 3 rings (SSSR count). The second-order valence-electron chi connectivity index (χ2n) is 11.6. The molecule has 0 saturated carbocycles. The summed E-state index contributed by atoms with van der Waals surface area (Å²) in [6.07, 6.45) is 1.47. The summed E-state index contributed by atoms with van der Waals surface area (Å²) in [5.74, 6) is -0.0889. The zero-order valence-corrected chi connectivity index (χ0v) is 24.6. The number of benzene rings is 2. The Morgan fingerprint density at radius 2 is 1.85 bits per heavy atom. The largest absolute Gasteiger partial charge is 0.508 e. The highest BCUT2D eigenvalue weighted by atomic mass is 16.5. The predicted molar refractivity (Wildman–Crippen MR) is 157 cm³/mol. The molecule has 2 N–H and O–H groups in total. The number of rotatable bonds is 12. The molecule has 1 aliphatic heterocycles. The third kappa shape index (κ3) is 8.31. The van der Waals surface area contributed by atoms with Gasteiger partial charge < -0.3 is 25.0 Å². The van der Waals surface area contributed by atoms with Gasteiger partial charge in [0.1, 0.15) is 11.8 Å². The maximum absolute atomic E-state index is 13.4. The van der Waals surface area contributed by atoms with Gasteiger partial charge in [-0.25, -0.2) is 4.79 Å². The lowest BCUT2D eigenvalue weighted by atomic mass is 9.68. The molecule has 0 bridgehead atoms. The number of para-hydroxylation sites is 1. The molecule has 2 aromatic carbocycles. The van der Waals surface area contributed by atoms with Crippen LogP contribution >= 0.6 is 0 Å². The Morgan fingerprint density at radius 1 is 1.12 bits per heavy atom. The normalized spacial score (nSPS) is 20.1. The van der Waals surface area contributed by atoms with Crippen molar-refractivity contribution < 1.29 is 24.2 Å². The molecular formula is C32H45N3O5. The SMILES string of the molecule is COC(=O)C(CC(C)C)NC(=O)CCC(=O)N(CCN1CC[C@](C)(c2cccc(O)c2)[C@@H](C)C1)c1ccccc1. The number of methoxy groups -OCH3 is 1. The second kappa shape index (κ2) is 14.3. The molecule has 0 spiro atoms. The Hall–Kier alpha value is -3.39. The molecule has 1 aliphatic rings. The van der Waals surface area contributed by atoms with Gasteiger partial charge in [-0.3, -0.25) is 9.59 Å². The standard InChI is InChI=1S/C32H45N3O5/c1-23(2)20-28(31(39)40-5)33-29(37)14-15-30(38)35(26-11-7-6-8-12-26)19-18-34-17-16-32(4,24(3)22-34)25-10-9-13-27(36)21-25/h6-13,21,23-24,28,36H,14-20,22H2,1-5H3,(H,33,37)/t24-,28?,32-/m0/s1. The number of carbonyl (C=O) groups is 3. The number of aromatic hydroxyl groups is 1. The fraction of sp³-hybridized carbons (Fsp3) is 0.531. The van der Waals surface area contributed by atoms with Crippen LogP contribution in [0.5, 0.6) is 5.75 Å². The molecule has 0 radical (unpaired) electrons. The van der Waals surface area contributed by atoms with E-state index in [1.807, 2.05) is 56.3 Å². The van der Waals surface area contributed by atoms with Gasteiger partial charge in [-0.2, -0.15) is 0 Å². The first-order valence-corrected chi connectivity index (χ1v) is 14.3. The molecular weight excluding hydrogens is 506 g/mol. The summed E-state index contributed by atoms with van der Waals surface area (Å²) in [7, 11) is 1.30. The molecule has 40 heavy (non-hydrogen) atoms. The number of esters is 1. The van der Waals surface area contributed by atoms with Crippen LogP contribution in [-0.4, -0.2) is 67.1 Å². The van der Waals surface area contributed by atoms with E-state index < -0.39 is 12.0 Å². The number of hydrogen-bond acceptors (Lipinski definition) is 6. The van der Waals surface area contributed by atoms with E-state index in [9.17, 15) is 19.5 Å². The Kier molecular flexibility index (Phi) is 11.1. The van der Waals surface area contributed by atoms with Crippen molar-refractivity contribution in [3.63, 3.8) is 0 Å². The topological polar surface area (TPSA) is 99.2 Å². The van der Waals surface area contributed by atoms with Crippen molar-refractivity contribution in [1.82, 2.24) is 10.2 Å². The van der Waals surface area contributed by atoms with Gasteiger partial charge in [-0.15, -0.1) is 0 Å². The van der Waals surface area contributed by atoms with Crippen molar-refractivity contribution in [1.29, 1.82) is 0 Å². The molecule has 1 fully saturated rings. The third-order valence-electron chi connectivity index (χ3n) is 8.18. The van der Waals surface area contributed by atoms with Crippen LogP contribution in [0.4, 0.5) is 5.69 Å². The fourth-order valence-electron chi connectivity index (χ4n) is 5.51. The fourth-order valence-corrected chi connectivity index (χ4v) is 5.51. The van der Waals surface area contributed by atoms with Gasteiger partial charge in [0.15, 0.2) is 0 Å². The van der Waals surface area contributed by atoms with Crippen LogP contribution in [0.2, 0.25) is 0 Å². The Balaban J connectivity index is 1.60. The van der Waals surface area contributed by atoms with Gasteiger partial charge in [0.2, 0.25) is 11.8 Å². The molecule has 0 aliphatic carbocycles. The molecule has 3 atom stereocenters. The molecule has 0 aromatic heterocycles. The number of anilines is 1. The maximum atomic E-state index is 13.4. The summed E-state index contributed by atoms with van der Waals surface area (Å²) in [6.45, 7) is 11.5. The van der Waals surface area contributed by atoms with E-state index in [4.69, 9.17) is 4.74 Å². The molecule has 2 amide bonds. The van der Waals surface area contributed by atoms with Gasteiger partial charge in [-0.1, -0.05) is 58.0 Å². The number of nitrogens with zero attached hydrogens (tertiary/aromatic N) is 2. The quantitative estimate of drug-likeness (QED) is 0.377. The zero-order valence-electron chi connectivity index (χ0n) is 24.6. The Labute approximate surface area is 238 Å². The van der Waals surface area contributed by atoms with Gasteiger partial charge >= 0.3 is 5.97 Å². The van der Waals surface area contributed by atoms with E-state index in [0.29, 0.717) is 31.2 Å². The van der Waals surface area contributed by atoms with Crippen molar-refractivity contribution >= 4 is 23.5 Å². The summed E-state index contributed by atoms with van der Waals surface area (Å²) < 4.78 is 4.83. The van der Waals surface area contributed by atoms with Crippen LogP contribution < -0.4 is 10.2 Å². The third-order valence-corrected chi connectivity index (χ3v) is 8.18. The highest BCUT2D eigenvalue weighted by Crippen LogP contribution is 2.40. The number of hydrogen-bond donors (Lipinski definition) is 2. The van der Waals surface area contributed by atoms with Gasteiger partial charge in [0.25, 0.3) is 0 Å². The lowest BCUT2D eigenvalue weighted by Gasteiger charge is -2.45. The highest BCUT2D eigenvalue weighted by Gasteiger charge is 2.38. The second-order valence-corrected chi connectivity index (χ2v) is 11.6. The average Bonchev–Trinajstić information content (AvgIpc) is 2.93. The smallest absolute Gasteiger partial charge is 0.328 e. The van der Waals surface area contributed by atoms with E-state index in [-0.39, 0.29) is 36.0 Å². The molecule has 218 valence electrons. The summed E-state index contributed by atoms with van der Waals surface area (Å²) in [5, 5.41) is 12.7. The Bertz CT molecular complexity index is 1140. The molecule has 8 heteroatoms. The Morgan fingerprint density at radius 3 is 2.48 bits per heavy atom. The molecule has 1 heterocycles. The van der Waals surface area contributed by atoms with E-state index in [2.05, 4.69) is 30.1 Å². The molecule has 1 unspecified atom stereocenters. The van der Waals surface area contributed by atoms with Crippen molar-refractivity contribution in [2.24, 2.45) is 11.8 Å².